The maximum Gasteiger partial charge on any atom is 0.336 e. The first-order valence-corrected chi connectivity index (χ1v) is 6.50. The lowest BCUT2D eigenvalue weighted by atomic mass is 10.1. The molecule has 5 nitrogen and oxygen atoms in total. The molecule has 0 aliphatic rings. The fourth-order valence-corrected chi connectivity index (χ4v) is 2.11. The molecule has 0 amide bonds. The quantitative estimate of drug-likeness (QED) is 0.650. The van der Waals surface area contributed by atoms with Crippen molar-refractivity contribution in [1.82, 2.24) is 5.32 Å². The molecule has 0 saturated carbocycles. The fraction of sp³-hybridized carbons (Fsp3) is 0.231. The average Bonchev–Trinajstić information content (AvgIpc) is 2.33. The number of carboxylic acid groups (broad SMARTS) is 1. The molecule has 2 rings (SSSR count). The Balaban J connectivity index is 2.22. The molecule has 0 bridgehead atoms. The second-order valence-corrected chi connectivity index (χ2v) is 4.97. The summed E-state index contributed by atoms with van der Waals surface area (Å²) in [5.74, 6) is -0.853. The molecule has 6 heteroatoms. The van der Waals surface area contributed by atoms with Crippen LogP contribution in [0.1, 0.15) is 12.0 Å². The van der Waals surface area contributed by atoms with Gasteiger partial charge in [0.25, 0.3) is 0 Å². The topological polar surface area (TPSA) is 79.5 Å². The van der Waals surface area contributed by atoms with Crippen molar-refractivity contribution in [3.8, 4) is 0 Å². The van der Waals surface area contributed by atoms with Crippen molar-refractivity contribution in [2.45, 2.75) is 13.0 Å². The van der Waals surface area contributed by atoms with E-state index < -0.39 is 11.6 Å². The van der Waals surface area contributed by atoms with Crippen LogP contribution < -0.4 is 10.9 Å². The number of benzene rings is 1. The second-order valence-electron chi connectivity index (χ2n) is 4.05. The number of hydrogen-bond donors (Lipinski definition) is 2. The monoisotopic (exact) mass is 325 g/mol. The lowest BCUT2D eigenvalue weighted by Gasteiger charge is -2.06. The molecule has 1 heterocycles. The SMILES string of the molecule is O=C(O)CCNCc1cc(=O)oc2cc(Br)ccc12. The molecule has 1 aromatic heterocycles. The normalized spacial score (nSPS) is 10.8. The zero-order valence-corrected chi connectivity index (χ0v) is 11.6. The zero-order valence-electron chi connectivity index (χ0n) is 9.98. The van der Waals surface area contributed by atoms with Crippen LogP contribution in [0.2, 0.25) is 0 Å². The Kier molecular flexibility index (Phi) is 4.34. The highest BCUT2D eigenvalue weighted by atomic mass is 79.9. The summed E-state index contributed by atoms with van der Waals surface area (Å²) in [4.78, 5) is 21.9. The highest BCUT2D eigenvalue weighted by Gasteiger charge is 2.06. The van der Waals surface area contributed by atoms with Crippen molar-refractivity contribution < 1.29 is 14.3 Å². The van der Waals surface area contributed by atoms with Crippen molar-refractivity contribution >= 4 is 32.9 Å². The van der Waals surface area contributed by atoms with Crippen LogP contribution in [-0.4, -0.2) is 17.6 Å². The van der Waals surface area contributed by atoms with Gasteiger partial charge in [-0.25, -0.2) is 4.79 Å². The maximum atomic E-state index is 11.5. The highest BCUT2D eigenvalue weighted by molar-refractivity contribution is 9.10. The van der Waals surface area contributed by atoms with E-state index in [4.69, 9.17) is 9.52 Å². The predicted octanol–water partition coefficient (Wildman–Crippen LogP) is 2.12. The third-order valence-electron chi connectivity index (χ3n) is 2.62. The Labute approximate surface area is 117 Å². The summed E-state index contributed by atoms with van der Waals surface area (Å²) in [5, 5.41) is 12.4. The van der Waals surface area contributed by atoms with Crippen LogP contribution >= 0.6 is 15.9 Å². The van der Waals surface area contributed by atoms with Gasteiger partial charge in [-0.2, -0.15) is 0 Å². The molecule has 100 valence electrons. The maximum absolute atomic E-state index is 11.5. The molecular formula is C13H12BrNO4. The van der Waals surface area contributed by atoms with Crippen molar-refractivity contribution in [2.75, 3.05) is 6.54 Å². The summed E-state index contributed by atoms with van der Waals surface area (Å²) in [6.07, 6.45) is 0.0465. The van der Waals surface area contributed by atoms with Gasteiger partial charge in [0.05, 0.1) is 6.42 Å². The van der Waals surface area contributed by atoms with Crippen LogP contribution in [0.5, 0.6) is 0 Å². The summed E-state index contributed by atoms with van der Waals surface area (Å²) in [6.45, 7) is 0.782. The Morgan fingerprint density at radius 2 is 2.16 bits per heavy atom. The molecule has 19 heavy (non-hydrogen) atoms. The third kappa shape index (κ3) is 3.65. The minimum atomic E-state index is -0.853. The number of nitrogens with one attached hydrogen (secondary N) is 1. The number of fused-ring (bicyclic) bond motifs is 1. The zero-order chi connectivity index (χ0) is 13.8. The smallest absolute Gasteiger partial charge is 0.336 e. The first-order valence-electron chi connectivity index (χ1n) is 5.71. The van der Waals surface area contributed by atoms with E-state index in [1.165, 1.54) is 6.07 Å². The van der Waals surface area contributed by atoms with E-state index in [1.807, 2.05) is 12.1 Å². The Bertz CT molecular complexity index is 665. The Morgan fingerprint density at radius 3 is 2.89 bits per heavy atom. The van der Waals surface area contributed by atoms with Crippen LogP contribution in [0, 0.1) is 0 Å². The lowest BCUT2D eigenvalue weighted by molar-refractivity contribution is -0.136. The van der Waals surface area contributed by atoms with Crippen molar-refractivity contribution in [2.24, 2.45) is 0 Å². The summed E-state index contributed by atoms with van der Waals surface area (Å²) < 4.78 is 5.95. The van der Waals surface area contributed by atoms with Crippen LogP contribution in [0.25, 0.3) is 11.0 Å². The molecular weight excluding hydrogens is 314 g/mol. The molecule has 0 aliphatic carbocycles. The van der Waals surface area contributed by atoms with Gasteiger partial charge in [0.2, 0.25) is 0 Å². The van der Waals surface area contributed by atoms with Crippen LogP contribution in [0.4, 0.5) is 0 Å². The number of rotatable bonds is 5. The van der Waals surface area contributed by atoms with Gasteiger partial charge in [0, 0.05) is 29.0 Å². The molecule has 0 spiro atoms. The number of halogens is 1. The van der Waals surface area contributed by atoms with E-state index in [9.17, 15) is 9.59 Å². The fourth-order valence-electron chi connectivity index (χ4n) is 1.77. The summed E-state index contributed by atoms with van der Waals surface area (Å²) in [6, 6.07) is 6.88. The molecule has 0 unspecified atom stereocenters. The predicted molar refractivity (Wildman–Crippen MR) is 74.1 cm³/mol. The van der Waals surface area contributed by atoms with Gasteiger partial charge in [-0.3, -0.25) is 4.79 Å². The second kappa shape index (κ2) is 5.99. The minimum Gasteiger partial charge on any atom is -0.481 e. The van der Waals surface area contributed by atoms with E-state index in [0.29, 0.717) is 18.7 Å². The summed E-state index contributed by atoms with van der Waals surface area (Å²) >= 11 is 3.32. The molecule has 1 aromatic carbocycles. The minimum absolute atomic E-state index is 0.0465. The molecule has 2 aromatic rings. The molecule has 2 N–H and O–H groups in total. The van der Waals surface area contributed by atoms with Crippen molar-refractivity contribution in [3.63, 3.8) is 0 Å². The van der Waals surface area contributed by atoms with Crippen molar-refractivity contribution in [3.05, 3.63) is 44.7 Å². The van der Waals surface area contributed by atoms with Crippen LogP contribution in [-0.2, 0) is 11.3 Å². The van der Waals surface area contributed by atoms with E-state index in [1.54, 1.807) is 6.07 Å². The number of carboxylic acids is 1. The van der Waals surface area contributed by atoms with Gasteiger partial charge >= 0.3 is 11.6 Å². The molecule has 0 atom stereocenters. The number of aliphatic carboxylic acids is 1. The van der Waals surface area contributed by atoms with E-state index >= 15 is 0 Å². The van der Waals surface area contributed by atoms with Crippen molar-refractivity contribution in [1.29, 1.82) is 0 Å². The summed E-state index contributed by atoms with van der Waals surface area (Å²) in [5.41, 5.74) is 0.890. The molecule has 0 radical (unpaired) electrons. The number of carbonyl (C=O) groups is 1. The van der Waals surface area contributed by atoms with Gasteiger partial charge in [-0.15, -0.1) is 0 Å². The van der Waals surface area contributed by atoms with Gasteiger partial charge in [0.15, 0.2) is 0 Å². The first kappa shape index (κ1) is 13.8. The molecule has 0 fully saturated rings. The van der Waals surface area contributed by atoms with Gasteiger partial charge < -0.3 is 14.8 Å². The molecule has 0 saturated heterocycles. The van der Waals surface area contributed by atoms with Gasteiger partial charge in [0.1, 0.15) is 5.58 Å². The number of hydrogen-bond acceptors (Lipinski definition) is 4. The first-order chi connectivity index (χ1) is 9.06. The van der Waals surface area contributed by atoms with E-state index in [-0.39, 0.29) is 6.42 Å². The highest BCUT2D eigenvalue weighted by Crippen LogP contribution is 2.21. The van der Waals surface area contributed by atoms with Crippen LogP contribution in [0.15, 0.2) is 37.9 Å². The van der Waals surface area contributed by atoms with Gasteiger partial charge in [-0.1, -0.05) is 15.9 Å². The van der Waals surface area contributed by atoms with Crippen LogP contribution in [0.3, 0.4) is 0 Å². The molecule has 0 aliphatic heterocycles. The van der Waals surface area contributed by atoms with Gasteiger partial charge in [-0.05, 0) is 23.8 Å². The average molecular weight is 326 g/mol. The standard InChI is InChI=1S/C13H12BrNO4/c14-9-1-2-10-8(7-15-4-3-12(16)17)5-13(18)19-11(10)6-9/h1-2,5-6,15H,3-4,7H2,(H,16,17). The lowest BCUT2D eigenvalue weighted by Crippen LogP contribution is -2.18. The van der Waals surface area contributed by atoms with E-state index in [2.05, 4.69) is 21.2 Å². The Hall–Kier alpha value is -1.66. The summed E-state index contributed by atoms with van der Waals surface area (Å²) in [7, 11) is 0. The van der Waals surface area contributed by atoms with E-state index in [0.717, 1.165) is 15.4 Å². The third-order valence-corrected chi connectivity index (χ3v) is 3.12. The largest absolute Gasteiger partial charge is 0.481 e. The Morgan fingerprint density at radius 1 is 1.37 bits per heavy atom.